The molecule has 1 N–H and O–H groups in total. The van der Waals surface area contributed by atoms with Crippen LogP contribution in [0.25, 0.3) is 0 Å². The lowest BCUT2D eigenvalue weighted by atomic mass is 9.67. The van der Waals surface area contributed by atoms with Gasteiger partial charge in [0, 0.05) is 19.1 Å². The van der Waals surface area contributed by atoms with Gasteiger partial charge in [-0.05, 0) is 18.3 Å². The Morgan fingerprint density at radius 1 is 1.38 bits per heavy atom. The molecule has 1 saturated carbocycles. The predicted octanol–water partition coefficient (Wildman–Crippen LogP) is 1.19. The van der Waals surface area contributed by atoms with Crippen molar-refractivity contribution in [2.75, 3.05) is 13.1 Å². The Morgan fingerprint density at radius 3 is 2.31 bits per heavy atom. The van der Waals surface area contributed by atoms with Gasteiger partial charge in [-0.2, -0.15) is 0 Å². The Kier molecular flexibility index (Phi) is 1.88. The van der Waals surface area contributed by atoms with Crippen LogP contribution in [-0.2, 0) is 4.79 Å². The molecule has 3 heteroatoms. The van der Waals surface area contributed by atoms with Crippen molar-refractivity contribution in [2.24, 2.45) is 11.3 Å². The number of hydrogen-bond donors (Lipinski definition) is 1. The first-order valence-corrected chi connectivity index (χ1v) is 4.95. The van der Waals surface area contributed by atoms with Crippen molar-refractivity contribution < 1.29 is 9.90 Å². The standard InChI is InChI=1S/C10H17NO2/c1-10(2)3-8(4-10)11-5-7(6-11)9(12)13/h7-8H,3-6H2,1-2H3,(H,12,13). The lowest BCUT2D eigenvalue weighted by Crippen LogP contribution is -2.59. The molecule has 0 radical (unpaired) electrons. The third-order valence-electron chi connectivity index (χ3n) is 3.35. The van der Waals surface area contributed by atoms with Crippen LogP contribution in [0.1, 0.15) is 26.7 Å². The van der Waals surface area contributed by atoms with Gasteiger partial charge in [-0.3, -0.25) is 9.69 Å². The van der Waals surface area contributed by atoms with E-state index in [0.717, 1.165) is 13.1 Å². The smallest absolute Gasteiger partial charge is 0.309 e. The van der Waals surface area contributed by atoms with Crippen molar-refractivity contribution in [1.29, 1.82) is 0 Å². The molecule has 0 aromatic heterocycles. The minimum atomic E-state index is -0.630. The van der Waals surface area contributed by atoms with Gasteiger partial charge < -0.3 is 5.11 Å². The minimum Gasteiger partial charge on any atom is -0.481 e. The van der Waals surface area contributed by atoms with Gasteiger partial charge in [-0.25, -0.2) is 0 Å². The van der Waals surface area contributed by atoms with Gasteiger partial charge in [0.1, 0.15) is 0 Å². The second kappa shape index (κ2) is 2.71. The number of carbonyl (C=O) groups is 1. The summed E-state index contributed by atoms with van der Waals surface area (Å²) < 4.78 is 0. The summed E-state index contributed by atoms with van der Waals surface area (Å²) in [5.74, 6) is -0.724. The van der Waals surface area contributed by atoms with Crippen molar-refractivity contribution in [3.8, 4) is 0 Å². The summed E-state index contributed by atoms with van der Waals surface area (Å²) in [7, 11) is 0. The Morgan fingerprint density at radius 2 is 1.92 bits per heavy atom. The van der Waals surface area contributed by atoms with Crippen LogP contribution >= 0.6 is 0 Å². The van der Waals surface area contributed by atoms with E-state index in [-0.39, 0.29) is 5.92 Å². The summed E-state index contributed by atoms with van der Waals surface area (Å²) in [5.41, 5.74) is 0.499. The summed E-state index contributed by atoms with van der Waals surface area (Å²) in [6.45, 7) is 6.10. The van der Waals surface area contributed by atoms with Gasteiger partial charge in [0.15, 0.2) is 0 Å². The van der Waals surface area contributed by atoms with Crippen molar-refractivity contribution in [2.45, 2.75) is 32.7 Å². The molecule has 2 fully saturated rings. The van der Waals surface area contributed by atoms with E-state index in [1.54, 1.807) is 0 Å². The fraction of sp³-hybridized carbons (Fsp3) is 0.900. The minimum absolute atomic E-state index is 0.0938. The monoisotopic (exact) mass is 183 g/mol. The Bertz CT molecular complexity index is 223. The van der Waals surface area contributed by atoms with Crippen LogP contribution < -0.4 is 0 Å². The summed E-state index contributed by atoms with van der Waals surface area (Å²) in [5, 5.41) is 8.70. The zero-order valence-corrected chi connectivity index (χ0v) is 8.29. The first kappa shape index (κ1) is 9.00. The van der Waals surface area contributed by atoms with Gasteiger partial charge in [-0.1, -0.05) is 13.8 Å². The number of aliphatic carboxylic acids is 1. The molecule has 3 nitrogen and oxygen atoms in total. The fourth-order valence-electron chi connectivity index (χ4n) is 2.44. The van der Waals surface area contributed by atoms with Crippen molar-refractivity contribution >= 4 is 5.97 Å². The molecule has 0 atom stereocenters. The van der Waals surface area contributed by atoms with E-state index in [4.69, 9.17) is 5.11 Å². The topological polar surface area (TPSA) is 40.5 Å². The lowest BCUT2D eigenvalue weighted by molar-refractivity contribution is -0.151. The van der Waals surface area contributed by atoms with Gasteiger partial charge >= 0.3 is 5.97 Å². The molecule has 0 spiro atoms. The maximum absolute atomic E-state index is 10.6. The summed E-state index contributed by atoms with van der Waals surface area (Å²) in [6, 6.07) is 0.672. The van der Waals surface area contributed by atoms with E-state index < -0.39 is 5.97 Å². The van der Waals surface area contributed by atoms with Gasteiger partial charge in [0.2, 0.25) is 0 Å². The zero-order chi connectivity index (χ0) is 9.64. The molecule has 1 aliphatic heterocycles. The van der Waals surface area contributed by atoms with Crippen molar-refractivity contribution in [1.82, 2.24) is 4.90 Å². The SMILES string of the molecule is CC1(C)CC(N2CC(C(=O)O)C2)C1. The Labute approximate surface area is 78.7 Å². The molecule has 0 unspecified atom stereocenters. The Hall–Kier alpha value is -0.570. The average Bonchev–Trinajstić information content (AvgIpc) is 1.78. The van der Waals surface area contributed by atoms with E-state index in [1.807, 2.05) is 0 Å². The number of nitrogens with zero attached hydrogens (tertiary/aromatic N) is 1. The molecule has 1 aliphatic carbocycles. The summed E-state index contributed by atoms with van der Waals surface area (Å²) >= 11 is 0. The molecular weight excluding hydrogens is 166 g/mol. The maximum Gasteiger partial charge on any atom is 0.309 e. The Balaban J connectivity index is 1.74. The van der Waals surface area contributed by atoms with Crippen LogP contribution in [0.15, 0.2) is 0 Å². The maximum atomic E-state index is 10.6. The highest BCUT2D eigenvalue weighted by molar-refractivity contribution is 5.71. The molecule has 0 bridgehead atoms. The number of rotatable bonds is 2. The fourth-order valence-corrected chi connectivity index (χ4v) is 2.44. The van der Waals surface area contributed by atoms with Gasteiger partial charge in [0.05, 0.1) is 5.92 Å². The molecule has 2 rings (SSSR count). The highest BCUT2D eigenvalue weighted by Gasteiger charge is 2.45. The molecular formula is C10H17NO2. The van der Waals surface area contributed by atoms with Gasteiger partial charge in [0.25, 0.3) is 0 Å². The van der Waals surface area contributed by atoms with E-state index >= 15 is 0 Å². The summed E-state index contributed by atoms with van der Waals surface area (Å²) in [4.78, 5) is 12.9. The normalized spacial score (nSPS) is 29.4. The number of carboxylic acids is 1. The second-order valence-corrected chi connectivity index (χ2v) is 5.22. The average molecular weight is 183 g/mol. The van der Waals surface area contributed by atoms with Gasteiger partial charge in [-0.15, -0.1) is 0 Å². The molecule has 74 valence electrons. The summed E-state index contributed by atoms with van der Waals surface area (Å²) in [6.07, 6.45) is 2.47. The highest BCUT2D eigenvalue weighted by atomic mass is 16.4. The number of carboxylic acid groups (broad SMARTS) is 1. The third-order valence-corrected chi connectivity index (χ3v) is 3.35. The first-order valence-electron chi connectivity index (χ1n) is 4.95. The van der Waals surface area contributed by atoms with E-state index in [9.17, 15) is 4.79 Å². The zero-order valence-electron chi connectivity index (χ0n) is 8.29. The quantitative estimate of drug-likeness (QED) is 0.699. The van der Waals surface area contributed by atoms with Crippen LogP contribution in [0.5, 0.6) is 0 Å². The molecule has 0 aromatic rings. The van der Waals surface area contributed by atoms with E-state index in [2.05, 4.69) is 18.7 Å². The molecule has 0 amide bonds. The molecule has 1 heterocycles. The molecule has 0 aromatic carbocycles. The first-order chi connectivity index (χ1) is 5.98. The second-order valence-electron chi connectivity index (χ2n) is 5.22. The van der Waals surface area contributed by atoms with Crippen LogP contribution in [-0.4, -0.2) is 35.1 Å². The van der Waals surface area contributed by atoms with Crippen molar-refractivity contribution in [3.05, 3.63) is 0 Å². The van der Waals surface area contributed by atoms with Crippen LogP contribution in [0.2, 0.25) is 0 Å². The highest BCUT2D eigenvalue weighted by Crippen LogP contribution is 2.44. The number of likely N-dealkylation sites (tertiary alicyclic amines) is 1. The van der Waals surface area contributed by atoms with Crippen LogP contribution in [0.4, 0.5) is 0 Å². The van der Waals surface area contributed by atoms with Crippen LogP contribution in [0.3, 0.4) is 0 Å². The van der Waals surface area contributed by atoms with E-state index in [1.165, 1.54) is 12.8 Å². The molecule has 1 saturated heterocycles. The molecule has 13 heavy (non-hydrogen) atoms. The molecule has 2 aliphatic rings. The largest absolute Gasteiger partial charge is 0.481 e. The lowest BCUT2D eigenvalue weighted by Gasteiger charge is -2.53. The number of hydrogen-bond acceptors (Lipinski definition) is 2. The van der Waals surface area contributed by atoms with E-state index in [0.29, 0.717) is 11.5 Å². The third kappa shape index (κ3) is 1.57. The van der Waals surface area contributed by atoms with Crippen LogP contribution in [0, 0.1) is 11.3 Å². The predicted molar refractivity (Wildman–Crippen MR) is 49.5 cm³/mol. The van der Waals surface area contributed by atoms with Crippen molar-refractivity contribution in [3.63, 3.8) is 0 Å².